The molecule has 2 nitrogen and oxygen atoms in total. The predicted octanol–water partition coefficient (Wildman–Crippen LogP) is 2.19. The molecule has 0 bridgehead atoms. The summed E-state index contributed by atoms with van der Waals surface area (Å²) < 4.78 is 0. The molecule has 14 heavy (non-hydrogen) atoms. The fourth-order valence-electron chi connectivity index (χ4n) is 3.46. The van der Waals surface area contributed by atoms with Gasteiger partial charge in [0.1, 0.15) is 0 Å². The van der Waals surface area contributed by atoms with Crippen molar-refractivity contribution in [3.8, 4) is 0 Å². The van der Waals surface area contributed by atoms with E-state index in [1.807, 2.05) is 0 Å². The average Bonchev–Trinajstić information content (AvgIpc) is 2.74. The second-order valence-corrected chi connectivity index (χ2v) is 5.09. The van der Waals surface area contributed by atoms with Gasteiger partial charge in [-0.3, -0.25) is 4.79 Å². The van der Waals surface area contributed by atoms with Gasteiger partial charge in [-0.15, -0.1) is 0 Å². The highest BCUT2D eigenvalue weighted by molar-refractivity contribution is 5.78. The molecule has 0 spiro atoms. The number of carbonyl (C=O) groups excluding carboxylic acids is 1. The van der Waals surface area contributed by atoms with Crippen molar-refractivity contribution in [3.05, 3.63) is 0 Å². The summed E-state index contributed by atoms with van der Waals surface area (Å²) in [6.07, 6.45) is 6.87. The predicted molar refractivity (Wildman–Crippen MR) is 56.8 cm³/mol. The Morgan fingerprint density at radius 1 is 1.29 bits per heavy atom. The van der Waals surface area contributed by atoms with Gasteiger partial charge in [-0.25, -0.2) is 0 Å². The van der Waals surface area contributed by atoms with Crippen LogP contribution >= 0.6 is 0 Å². The minimum absolute atomic E-state index is 0.227. The lowest BCUT2D eigenvalue weighted by Gasteiger charge is -2.18. The minimum atomic E-state index is 0.227. The van der Waals surface area contributed by atoms with Gasteiger partial charge in [-0.05, 0) is 30.6 Å². The average molecular weight is 195 g/mol. The van der Waals surface area contributed by atoms with Crippen LogP contribution in [0.3, 0.4) is 0 Å². The zero-order valence-corrected chi connectivity index (χ0v) is 9.25. The molecule has 0 saturated heterocycles. The molecule has 4 atom stereocenters. The van der Waals surface area contributed by atoms with E-state index in [1.165, 1.54) is 32.1 Å². The van der Waals surface area contributed by atoms with Gasteiger partial charge < -0.3 is 5.32 Å². The van der Waals surface area contributed by atoms with Crippen LogP contribution in [0.1, 0.15) is 39.0 Å². The summed E-state index contributed by atoms with van der Waals surface area (Å²) in [4.78, 5) is 11.5. The van der Waals surface area contributed by atoms with E-state index in [9.17, 15) is 4.79 Å². The standard InChI is InChI=1S/C12H21NO/c1-8(12(14)13-2)11-6-9-4-3-5-10(9)7-11/h8-11H,3-7H2,1-2H3,(H,13,14)/t8-,9-,10?,11-/m0/s1. The number of rotatable bonds is 2. The molecule has 2 heteroatoms. The molecule has 1 amide bonds. The first-order chi connectivity index (χ1) is 6.72. The van der Waals surface area contributed by atoms with E-state index in [1.54, 1.807) is 7.05 Å². The molecule has 0 aromatic heterocycles. The van der Waals surface area contributed by atoms with Crippen molar-refractivity contribution in [2.24, 2.45) is 23.7 Å². The molecule has 0 aromatic carbocycles. The second kappa shape index (κ2) is 3.92. The second-order valence-electron chi connectivity index (χ2n) is 5.09. The topological polar surface area (TPSA) is 29.1 Å². The molecule has 2 aliphatic carbocycles. The molecular formula is C12H21NO. The third-order valence-corrected chi connectivity index (χ3v) is 4.39. The van der Waals surface area contributed by atoms with Crippen LogP contribution in [0.4, 0.5) is 0 Å². The molecule has 2 fully saturated rings. The molecule has 0 heterocycles. The van der Waals surface area contributed by atoms with Gasteiger partial charge in [-0.1, -0.05) is 26.2 Å². The van der Waals surface area contributed by atoms with Crippen LogP contribution in [0, 0.1) is 23.7 Å². The van der Waals surface area contributed by atoms with Gasteiger partial charge in [0, 0.05) is 13.0 Å². The van der Waals surface area contributed by atoms with E-state index in [4.69, 9.17) is 0 Å². The van der Waals surface area contributed by atoms with Gasteiger partial charge in [0.25, 0.3) is 0 Å². The van der Waals surface area contributed by atoms with Crippen molar-refractivity contribution in [2.75, 3.05) is 7.05 Å². The minimum Gasteiger partial charge on any atom is -0.359 e. The Bertz CT molecular complexity index is 214. The number of amides is 1. The molecular weight excluding hydrogens is 174 g/mol. The summed E-state index contributed by atoms with van der Waals surface area (Å²) in [5.41, 5.74) is 0. The highest BCUT2D eigenvalue weighted by atomic mass is 16.1. The van der Waals surface area contributed by atoms with Crippen LogP contribution in [0.15, 0.2) is 0 Å². The van der Waals surface area contributed by atoms with E-state index in [0.717, 1.165) is 11.8 Å². The third kappa shape index (κ3) is 1.67. The zero-order valence-electron chi connectivity index (χ0n) is 9.25. The Morgan fingerprint density at radius 3 is 2.36 bits per heavy atom. The van der Waals surface area contributed by atoms with Crippen LogP contribution in [0.2, 0.25) is 0 Å². The SMILES string of the molecule is CNC(=O)[C@@H](C)[C@@H]1CC2CCC[C@H]2C1. The van der Waals surface area contributed by atoms with Gasteiger partial charge in [0.15, 0.2) is 0 Å². The lowest BCUT2D eigenvalue weighted by Crippen LogP contribution is -2.29. The monoisotopic (exact) mass is 195 g/mol. The molecule has 0 aliphatic heterocycles. The maximum Gasteiger partial charge on any atom is 0.222 e. The van der Waals surface area contributed by atoms with Crippen molar-refractivity contribution in [2.45, 2.75) is 39.0 Å². The van der Waals surface area contributed by atoms with E-state index < -0.39 is 0 Å². The van der Waals surface area contributed by atoms with Crippen molar-refractivity contribution in [1.82, 2.24) is 5.32 Å². The first kappa shape index (κ1) is 10.0. The summed E-state index contributed by atoms with van der Waals surface area (Å²) in [6.45, 7) is 2.09. The zero-order chi connectivity index (χ0) is 10.1. The van der Waals surface area contributed by atoms with Gasteiger partial charge >= 0.3 is 0 Å². The van der Waals surface area contributed by atoms with E-state index in [0.29, 0.717) is 5.92 Å². The first-order valence-electron chi connectivity index (χ1n) is 5.94. The quantitative estimate of drug-likeness (QED) is 0.719. The van der Waals surface area contributed by atoms with Crippen molar-refractivity contribution in [1.29, 1.82) is 0 Å². The Labute approximate surface area is 86.5 Å². The van der Waals surface area contributed by atoms with Crippen LogP contribution < -0.4 is 5.32 Å². The van der Waals surface area contributed by atoms with E-state index in [-0.39, 0.29) is 11.8 Å². The summed E-state index contributed by atoms with van der Waals surface area (Å²) >= 11 is 0. The fourth-order valence-corrected chi connectivity index (χ4v) is 3.46. The maximum atomic E-state index is 11.5. The van der Waals surface area contributed by atoms with E-state index >= 15 is 0 Å². The highest BCUT2D eigenvalue weighted by Gasteiger charge is 2.40. The fraction of sp³-hybridized carbons (Fsp3) is 0.917. The van der Waals surface area contributed by atoms with Crippen LogP contribution in [-0.4, -0.2) is 13.0 Å². The van der Waals surface area contributed by atoms with E-state index in [2.05, 4.69) is 12.2 Å². The summed E-state index contributed by atoms with van der Waals surface area (Å²) in [6, 6.07) is 0. The number of fused-ring (bicyclic) bond motifs is 1. The van der Waals surface area contributed by atoms with Gasteiger partial charge in [-0.2, -0.15) is 0 Å². The molecule has 1 unspecified atom stereocenters. The molecule has 1 N–H and O–H groups in total. The lowest BCUT2D eigenvalue weighted by atomic mass is 9.89. The normalized spacial score (nSPS) is 38.0. The molecule has 0 radical (unpaired) electrons. The first-order valence-corrected chi connectivity index (χ1v) is 5.94. The Hall–Kier alpha value is -0.530. The van der Waals surface area contributed by atoms with Gasteiger partial charge in [0.05, 0.1) is 0 Å². The molecule has 2 rings (SSSR count). The molecule has 2 saturated carbocycles. The van der Waals surface area contributed by atoms with Crippen LogP contribution in [-0.2, 0) is 4.79 Å². The smallest absolute Gasteiger partial charge is 0.222 e. The highest BCUT2D eigenvalue weighted by Crippen LogP contribution is 2.48. The maximum absolute atomic E-state index is 11.5. The summed E-state index contributed by atoms with van der Waals surface area (Å²) in [7, 11) is 1.74. The van der Waals surface area contributed by atoms with Crippen molar-refractivity contribution >= 4 is 5.91 Å². The molecule has 2 aliphatic rings. The number of carbonyl (C=O) groups is 1. The Balaban J connectivity index is 1.92. The molecule has 80 valence electrons. The number of hydrogen-bond acceptors (Lipinski definition) is 1. The van der Waals surface area contributed by atoms with Crippen LogP contribution in [0.25, 0.3) is 0 Å². The van der Waals surface area contributed by atoms with Gasteiger partial charge in [0.2, 0.25) is 5.91 Å². The third-order valence-electron chi connectivity index (χ3n) is 4.39. The Morgan fingerprint density at radius 2 is 1.86 bits per heavy atom. The number of nitrogens with one attached hydrogen (secondary N) is 1. The van der Waals surface area contributed by atoms with Crippen molar-refractivity contribution < 1.29 is 4.79 Å². The largest absolute Gasteiger partial charge is 0.359 e. The number of hydrogen-bond donors (Lipinski definition) is 1. The lowest BCUT2D eigenvalue weighted by molar-refractivity contribution is -0.125. The van der Waals surface area contributed by atoms with Crippen LogP contribution in [0.5, 0.6) is 0 Å². The van der Waals surface area contributed by atoms with Crippen molar-refractivity contribution in [3.63, 3.8) is 0 Å². The summed E-state index contributed by atoms with van der Waals surface area (Å²) in [5.74, 6) is 3.02. The summed E-state index contributed by atoms with van der Waals surface area (Å²) in [5, 5.41) is 2.77. The molecule has 0 aromatic rings. The Kier molecular flexibility index (Phi) is 2.80.